The van der Waals surface area contributed by atoms with E-state index in [1.165, 1.54) is 24.7 Å². The van der Waals surface area contributed by atoms with Crippen molar-refractivity contribution in [1.29, 1.82) is 0 Å². The number of aromatic nitrogens is 2. The number of nitrogens with zero attached hydrogens (tertiary/aromatic N) is 3. The summed E-state index contributed by atoms with van der Waals surface area (Å²) >= 11 is 1.17. The van der Waals surface area contributed by atoms with Gasteiger partial charge in [-0.05, 0) is 36.5 Å². The molecule has 1 unspecified atom stereocenters. The summed E-state index contributed by atoms with van der Waals surface area (Å²) in [6, 6.07) is 3.26. The topological polar surface area (TPSA) is 79.7 Å². The average molecular weight is 402 g/mol. The monoisotopic (exact) mass is 402 g/mol. The van der Waals surface area contributed by atoms with Crippen molar-refractivity contribution in [3.8, 4) is 0 Å². The Labute approximate surface area is 163 Å². The zero-order chi connectivity index (χ0) is 19.6. The van der Waals surface area contributed by atoms with Crippen LogP contribution in [0.2, 0.25) is 0 Å². The molecule has 3 heterocycles. The number of nitrogens with one attached hydrogen (secondary N) is 1. The third-order valence-corrected chi connectivity index (χ3v) is 6.46. The quantitative estimate of drug-likeness (QED) is 0.684. The molecule has 1 saturated carbocycles. The van der Waals surface area contributed by atoms with Crippen LogP contribution in [0.5, 0.6) is 0 Å². The molecule has 1 aliphatic heterocycles. The van der Waals surface area contributed by atoms with Crippen LogP contribution in [0.4, 0.5) is 10.1 Å². The van der Waals surface area contributed by atoms with Gasteiger partial charge in [-0.15, -0.1) is 0 Å². The lowest BCUT2D eigenvalue weighted by atomic mass is 10.1. The third kappa shape index (κ3) is 2.49. The fourth-order valence-electron chi connectivity index (χ4n) is 4.05. The second kappa shape index (κ2) is 6.16. The first-order valence-electron chi connectivity index (χ1n) is 9.23. The maximum atomic E-state index is 15.0. The van der Waals surface area contributed by atoms with Crippen LogP contribution < -0.4 is 15.9 Å². The molecule has 2 aromatic heterocycles. The van der Waals surface area contributed by atoms with Crippen LogP contribution in [0.3, 0.4) is 0 Å². The molecule has 1 aliphatic carbocycles. The van der Waals surface area contributed by atoms with Crippen molar-refractivity contribution in [2.45, 2.75) is 25.8 Å². The van der Waals surface area contributed by atoms with E-state index in [2.05, 4.69) is 9.53 Å². The van der Waals surface area contributed by atoms with Gasteiger partial charge < -0.3 is 14.3 Å². The fourth-order valence-corrected chi connectivity index (χ4v) is 4.97. The molecule has 0 radical (unpaired) electrons. The summed E-state index contributed by atoms with van der Waals surface area (Å²) < 4.78 is 19.7. The SMILES string of the molecule is CO/N=C1\CN(c2cc3c(cc2F)c(=O)c2c(=O)[nH]sc2n3C2CC2)CC1C. The van der Waals surface area contributed by atoms with Gasteiger partial charge in [-0.2, -0.15) is 0 Å². The van der Waals surface area contributed by atoms with Gasteiger partial charge in [-0.1, -0.05) is 12.1 Å². The average Bonchev–Trinajstić information content (AvgIpc) is 3.33. The van der Waals surface area contributed by atoms with Crippen LogP contribution in [0.15, 0.2) is 26.9 Å². The Balaban J connectivity index is 1.76. The van der Waals surface area contributed by atoms with Crippen molar-refractivity contribution in [1.82, 2.24) is 8.94 Å². The molecule has 1 atom stereocenters. The third-order valence-electron chi connectivity index (χ3n) is 5.57. The number of hydrogen-bond acceptors (Lipinski definition) is 6. The van der Waals surface area contributed by atoms with Gasteiger partial charge in [0.1, 0.15) is 23.1 Å². The highest BCUT2D eigenvalue weighted by molar-refractivity contribution is 7.12. The van der Waals surface area contributed by atoms with Crippen LogP contribution >= 0.6 is 11.5 Å². The second-order valence-corrected chi connectivity index (χ2v) is 8.31. The molecule has 146 valence electrons. The lowest BCUT2D eigenvalue weighted by Crippen LogP contribution is -2.22. The molecular formula is C19H19FN4O3S. The zero-order valence-corrected chi connectivity index (χ0v) is 16.3. The summed E-state index contributed by atoms with van der Waals surface area (Å²) in [4.78, 5) is 32.5. The van der Waals surface area contributed by atoms with Crippen LogP contribution in [-0.2, 0) is 4.84 Å². The minimum Gasteiger partial charge on any atom is -0.399 e. The predicted molar refractivity (Wildman–Crippen MR) is 108 cm³/mol. The number of hydrogen-bond donors (Lipinski definition) is 1. The van der Waals surface area contributed by atoms with E-state index in [0.29, 0.717) is 29.1 Å². The lowest BCUT2D eigenvalue weighted by molar-refractivity contribution is 0.211. The Morgan fingerprint density at radius 2 is 2.11 bits per heavy atom. The molecule has 0 amide bonds. The van der Waals surface area contributed by atoms with E-state index >= 15 is 4.39 Å². The number of anilines is 1. The number of halogens is 1. The first-order valence-corrected chi connectivity index (χ1v) is 10.0. The van der Waals surface area contributed by atoms with Crippen molar-refractivity contribution in [3.63, 3.8) is 0 Å². The summed E-state index contributed by atoms with van der Waals surface area (Å²) in [6.07, 6.45) is 1.97. The van der Waals surface area contributed by atoms with E-state index in [9.17, 15) is 9.59 Å². The van der Waals surface area contributed by atoms with Gasteiger partial charge in [0.05, 0.1) is 23.5 Å². The van der Waals surface area contributed by atoms with E-state index in [4.69, 9.17) is 4.84 Å². The van der Waals surface area contributed by atoms with Gasteiger partial charge in [0.25, 0.3) is 5.56 Å². The maximum Gasteiger partial charge on any atom is 0.271 e. The van der Waals surface area contributed by atoms with Crippen LogP contribution in [0.1, 0.15) is 25.8 Å². The minimum atomic E-state index is -0.469. The summed E-state index contributed by atoms with van der Waals surface area (Å²) in [5, 5.41) is 4.42. The maximum absolute atomic E-state index is 15.0. The first kappa shape index (κ1) is 17.4. The second-order valence-electron chi connectivity index (χ2n) is 7.51. The van der Waals surface area contributed by atoms with E-state index in [0.717, 1.165) is 18.6 Å². The largest absolute Gasteiger partial charge is 0.399 e. The number of H-pyrrole nitrogens is 1. The fraction of sp³-hybridized carbons (Fsp3) is 0.421. The smallest absolute Gasteiger partial charge is 0.271 e. The van der Waals surface area contributed by atoms with Crippen molar-refractivity contribution >= 4 is 44.1 Å². The first-order chi connectivity index (χ1) is 13.5. The van der Waals surface area contributed by atoms with E-state index in [1.807, 2.05) is 16.4 Å². The van der Waals surface area contributed by atoms with Crippen molar-refractivity contribution < 1.29 is 9.23 Å². The van der Waals surface area contributed by atoms with E-state index in [-0.39, 0.29) is 22.7 Å². The highest BCUT2D eigenvalue weighted by atomic mass is 32.1. The number of fused-ring (bicyclic) bond motifs is 2. The van der Waals surface area contributed by atoms with Crippen molar-refractivity contribution in [3.05, 3.63) is 38.5 Å². The van der Waals surface area contributed by atoms with Gasteiger partial charge in [-0.3, -0.25) is 14.0 Å². The van der Waals surface area contributed by atoms with Gasteiger partial charge in [-0.25, -0.2) is 4.39 Å². The Morgan fingerprint density at radius 3 is 2.82 bits per heavy atom. The number of pyridine rings is 1. The number of aromatic amines is 1. The van der Waals surface area contributed by atoms with Crippen LogP contribution in [-0.4, -0.2) is 34.9 Å². The molecule has 0 spiro atoms. The number of benzene rings is 1. The standard InChI is InChI=1S/C19H19FN4O3S/c1-9-7-23(8-13(9)21-27-2)15-6-14-11(5-12(15)20)17(25)16-18(26)22-28-19(16)24(14)10-3-4-10/h5-6,9-10H,3-4,7-8H2,1-2H3,(H,22,26)/b21-13+. The number of oxime groups is 1. The molecule has 2 fully saturated rings. The Morgan fingerprint density at radius 1 is 1.32 bits per heavy atom. The van der Waals surface area contributed by atoms with Crippen LogP contribution in [0, 0.1) is 11.7 Å². The molecule has 28 heavy (non-hydrogen) atoms. The highest BCUT2D eigenvalue weighted by Gasteiger charge is 2.31. The molecule has 0 bridgehead atoms. The van der Waals surface area contributed by atoms with E-state index < -0.39 is 16.8 Å². The molecule has 1 N–H and O–H groups in total. The summed E-state index contributed by atoms with van der Waals surface area (Å²) in [5.74, 6) is -0.318. The molecule has 1 saturated heterocycles. The van der Waals surface area contributed by atoms with Crippen LogP contribution in [0.25, 0.3) is 21.1 Å². The van der Waals surface area contributed by atoms with Gasteiger partial charge >= 0.3 is 0 Å². The Hall–Kier alpha value is -2.68. The molecule has 7 nitrogen and oxygen atoms in total. The normalized spacial score (nSPS) is 21.3. The van der Waals surface area contributed by atoms with Gasteiger partial charge in [0.2, 0.25) is 5.43 Å². The molecule has 1 aromatic carbocycles. The molecule has 2 aliphatic rings. The summed E-state index contributed by atoms with van der Waals surface area (Å²) in [7, 11) is 1.50. The predicted octanol–water partition coefficient (Wildman–Crippen LogP) is 2.84. The molecule has 5 rings (SSSR count). The molecule has 9 heteroatoms. The summed E-state index contributed by atoms with van der Waals surface area (Å²) in [6.45, 7) is 3.13. The summed E-state index contributed by atoms with van der Waals surface area (Å²) in [5.41, 5.74) is 1.17. The van der Waals surface area contributed by atoms with Gasteiger partial charge in [0, 0.05) is 23.9 Å². The highest BCUT2D eigenvalue weighted by Crippen LogP contribution is 2.41. The molecule has 3 aromatic rings. The number of rotatable bonds is 3. The molecular weight excluding hydrogens is 383 g/mol. The Kier molecular flexibility index (Phi) is 3.84. The van der Waals surface area contributed by atoms with Crippen molar-refractivity contribution in [2.24, 2.45) is 11.1 Å². The van der Waals surface area contributed by atoms with Crippen molar-refractivity contribution in [2.75, 3.05) is 25.1 Å². The van der Waals surface area contributed by atoms with Gasteiger partial charge in [0.15, 0.2) is 0 Å². The zero-order valence-electron chi connectivity index (χ0n) is 15.5. The lowest BCUT2D eigenvalue weighted by Gasteiger charge is -2.20. The minimum absolute atomic E-state index is 0.126. The van der Waals surface area contributed by atoms with E-state index in [1.54, 1.807) is 6.07 Å². The Bertz CT molecular complexity index is 1250.